The average Bonchev–Trinajstić information content (AvgIpc) is 1.86. The number of hydrogen-bond donors (Lipinski definition) is 1. The number of Topliss-reactive ketones (excluding diaryl/α,β-unsaturated/α-hetero) is 1. The Balaban J connectivity index is 3.54. The molecular weight excluding hydrogens is 140 g/mol. The zero-order chi connectivity index (χ0) is 8.69. The first kappa shape index (κ1) is 10.3. The van der Waals surface area contributed by atoms with Gasteiger partial charge >= 0.3 is 0 Å². The quantitative estimate of drug-likeness (QED) is 0.469. The van der Waals surface area contributed by atoms with Crippen molar-refractivity contribution in [2.24, 2.45) is 4.99 Å². The first-order chi connectivity index (χ1) is 5.16. The molecule has 0 amide bonds. The van der Waals surface area contributed by atoms with Gasteiger partial charge in [0.2, 0.25) is 0 Å². The van der Waals surface area contributed by atoms with Gasteiger partial charge in [-0.15, -0.1) is 0 Å². The van der Waals surface area contributed by atoms with E-state index in [1.165, 1.54) is 0 Å². The Morgan fingerprint density at radius 2 is 2.09 bits per heavy atom. The van der Waals surface area contributed by atoms with Crippen molar-refractivity contribution in [2.45, 2.75) is 20.3 Å². The highest BCUT2D eigenvalue weighted by Crippen LogP contribution is 1.87. The second kappa shape index (κ2) is 6.04. The summed E-state index contributed by atoms with van der Waals surface area (Å²) in [6.45, 7) is 5.10. The topological polar surface area (TPSA) is 41.5 Å². The van der Waals surface area contributed by atoms with Gasteiger partial charge in [-0.05, 0) is 20.9 Å². The van der Waals surface area contributed by atoms with Gasteiger partial charge in [0, 0.05) is 18.7 Å². The molecule has 0 saturated heterocycles. The summed E-state index contributed by atoms with van der Waals surface area (Å²) in [6, 6.07) is 0. The zero-order valence-corrected chi connectivity index (χ0v) is 7.48. The normalized spacial score (nSPS) is 11.7. The van der Waals surface area contributed by atoms with E-state index in [9.17, 15) is 4.79 Å². The van der Waals surface area contributed by atoms with E-state index in [1.807, 2.05) is 14.0 Å². The third-order valence-corrected chi connectivity index (χ3v) is 1.25. The minimum absolute atomic E-state index is 0.177. The van der Waals surface area contributed by atoms with Gasteiger partial charge in [0.05, 0.1) is 6.54 Å². The van der Waals surface area contributed by atoms with E-state index in [0.29, 0.717) is 6.42 Å². The first-order valence-corrected chi connectivity index (χ1v) is 3.80. The van der Waals surface area contributed by atoms with E-state index >= 15 is 0 Å². The highest BCUT2D eigenvalue weighted by molar-refractivity contribution is 5.99. The fourth-order valence-corrected chi connectivity index (χ4v) is 0.775. The summed E-state index contributed by atoms with van der Waals surface area (Å²) < 4.78 is 0. The Bertz CT molecular complexity index is 152. The summed E-state index contributed by atoms with van der Waals surface area (Å²) in [5.74, 6) is 0.177. The number of aliphatic imine (C=N–C) groups is 1. The van der Waals surface area contributed by atoms with Crippen molar-refractivity contribution in [1.29, 1.82) is 0 Å². The summed E-state index contributed by atoms with van der Waals surface area (Å²) >= 11 is 0. The SMILES string of the molecule is CNCC/N=C(\C)CC(C)=O. The third-order valence-electron chi connectivity index (χ3n) is 1.25. The van der Waals surface area contributed by atoms with Crippen molar-refractivity contribution in [3.8, 4) is 0 Å². The summed E-state index contributed by atoms with van der Waals surface area (Å²) in [5, 5.41) is 2.98. The summed E-state index contributed by atoms with van der Waals surface area (Å²) in [6.07, 6.45) is 0.490. The molecule has 0 atom stereocenters. The third kappa shape index (κ3) is 7.19. The maximum Gasteiger partial charge on any atom is 0.135 e. The number of carbonyl (C=O) groups excluding carboxylic acids is 1. The Morgan fingerprint density at radius 3 is 2.55 bits per heavy atom. The maximum absolute atomic E-state index is 10.6. The zero-order valence-electron chi connectivity index (χ0n) is 7.48. The number of ketones is 1. The predicted octanol–water partition coefficient (Wildman–Crippen LogP) is 0.646. The van der Waals surface area contributed by atoms with Crippen molar-refractivity contribution in [2.75, 3.05) is 20.1 Å². The Kier molecular flexibility index (Phi) is 5.65. The van der Waals surface area contributed by atoms with Crippen LogP contribution in [0.4, 0.5) is 0 Å². The van der Waals surface area contributed by atoms with E-state index in [-0.39, 0.29) is 5.78 Å². The smallest absolute Gasteiger partial charge is 0.135 e. The van der Waals surface area contributed by atoms with Crippen molar-refractivity contribution in [3.63, 3.8) is 0 Å². The molecule has 0 unspecified atom stereocenters. The number of nitrogens with one attached hydrogen (secondary N) is 1. The summed E-state index contributed by atoms with van der Waals surface area (Å²) in [5.41, 5.74) is 0.924. The van der Waals surface area contributed by atoms with Crippen LogP contribution in [0.15, 0.2) is 4.99 Å². The molecule has 0 radical (unpaired) electrons. The van der Waals surface area contributed by atoms with Crippen LogP contribution in [-0.2, 0) is 4.79 Å². The molecule has 0 aromatic carbocycles. The van der Waals surface area contributed by atoms with Crippen LogP contribution in [0.2, 0.25) is 0 Å². The largest absolute Gasteiger partial charge is 0.318 e. The predicted molar refractivity (Wildman–Crippen MR) is 47.2 cm³/mol. The lowest BCUT2D eigenvalue weighted by Crippen LogP contribution is -2.12. The number of carbonyl (C=O) groups is 1. The number of rotatable bonds is 5. The lowest BCUT2D eigenvalue weighted by molar-refractivity contribution is -0.115. The molecule has 0 aromatic heterocycles. The van der Waals surface area contributed by atoms with E-state index in [0.717, 1.165) is 18.8 Å². The van der Waals surface area contributed by atoms with Gasteiger partial charge in [-0.3, -0.25) is 9.79 Å². The number of likely N-dealkylation sites (N-methyl/N-ethyl adjacent to an activating group) is 1. The highest BCUT2D eigenvalue weighted by Gasteiger charge is 1.94. The molecule has 3 heteroatoms. The lowest BCUT2D eigenvalue weighted by atomic mass is 10.2. The Hall–Kier alpha value is -0.700. The molecule has 0 aliphatic rings. The fourth-order valence-electron chi connectivity index (χ4n) is 0.775. The molecule has 0 rings (SSSR count). The van der Waals surface area contributed by atoms with Crippen molar-refractivity contribution < 1.29 is 4.79 Å². The molecule has 0 heterocycles. The van der Waals surface area contributed by atoms with Crippen LogP contribution < -0.4 is 5.32 Å². The van der Waals surface area contributed by atoms with Crippen LogP contribution in [0.5, 0.6) is 0 Å². The van der Waals surface area contributed by atoms with E-state index < -0.39 is 0 Å². The van der Waals surface area contributed by atoms with Crippen LogP contribution in [-0.4, -0.2) is 31.6 Å². The second-order valence-electron chi connectivity index (χ2n) is 2.60. The minimum atomic E-state index is 0.177. The van der Waals surface area contributed by atoms with Crippen LogP contribution in [0.1, 0.15) is 20.3 Å². The molecule has 3 nitrogen and oxygen atoms in total. The van der Waals surface area contributed by atoms with Gasteiger partial charge in [-0.1, -0.05) is 0 Å². The molecule has 0 bridgehead atoms. The van der Waals surface area contributed by atoms with Gasteiger partial charge in [0.25, 0.3) is 0 Å². The highest BCUT2D eigenvalue weighted by atomic mass is 16.1. The van der Waals surface area contributed by atoms with Gasteiger partial charge < -0.3 is 5.32 Å². The van der Waals surface area contributed by atoms with Crippen molar-refractivity contribution in [1.82, 2.24) is 5.32 Å². The van der Waals surface area contributed by atoms with E-state index in [1.54, 1.807) is 6.92 Å². The van der Waals surface area contributed by atoms with Crippen molar-refractivity contribution >= 4 is 11.5 Å². The minimum Gasteiger partial charge on any atom is -0.318 e. The number of nitrogens with zero attached hydrogens (tertiary/aromatic N) is 1. The van der Waals surface area contributed by atoms with E-state index in [4.69, 9.17) is 0 Å². The molecule has 0 aliphatic carbocycles. The van der Waals surface area contributed by atoms with Gasteiger partial charge in [-0.2, -0.15) is 0 Å². The lowest BCUT2D eigenvalue weighted by Gasteiger charge is -1.96. The van der Waals surface area contributed by atoms with Crippen molar-refractivity contribution in [3.05, 3.63) is 0 Å². The molecule has 0 aliphatic heterocycles. The summed E-state index contributed by atoms with van der Waals surface area (Å²) in [4.78, 5) is 14.8. The fraction of sp³-hybridized carbons (Fsp3) is 0.750. The van der Waals surface area contributed by atoms with Crippen LogP contribution in [0, 0.1) is 0 Å². The average molecular weight is 156 g/mol. The van der Waals surface area contributed by atoms with Gasteiger partial charge in [0.15, 0.2) is 0 Å². The standard InChI is InChI=1S/C8H16N2O/c1-7(6-8(2)11)10-5-4-9-3/h9H,4-6H2,1-3H3/b10-7+. The first-order valence-electron chi connectivity index (χ1n) is 3.80. The van der Waals surface area contributed by atoms with Crippen LogP contribution in [0.3, 0.4) is 0 Å². The van der Waals surface area contributed by atoms with Gasteiger partial charge in [0.1, 0.15) is 5.78 Å². The van der Waals surface area contributed by atoms with Crippen LogP contribution in [0.25, 0.3) is 0 Å². The Labute approximate surface area is 67.9 Å². The molecule has 0 fully saturated rings. The molecule has 0 aromatic rings. The monoisotopic (exact) mass is 156 g/mol. The summed E-state index contributed by atoms with van der Waals surface area (Å²) in [7, 11) is 1.88. The van der Waals surface area contributed by atoms with Crippen LogP contribution >= 0.6 is 0 Å². The van der Waals surface area contributed by atoms with Gasteiger partial charge in [-0.25, -0.2) is 0 Å². The molecule has 11 heavy (non-hydrogen) atoms. The molecule has 0 saturated carbocycles. The molecule has 64 valence electrons. The molecule has 1 N–H and O–H groups in total. The Morgan fingerprint density at radius 1 is 1.45 bits per heavy atom. The second-order valence-corrected chi connectivity index (χ2v) is 2.60. The molecular formula is C8H16N2O. The number of hydrogen-bond acceptors (Lipinski definition) is 3. The van der Waals surface area contributed by atoms with E-state index in [2.05, 4.69) is 10.3 Å². The maximum atomic E-state index is 10.6. The molecule has 0 spiro atoms.